The second-order valence-corrected chi connectivity index (χ2v) is 12.8. The van der Waals surface area contributed by atoms with E-state index in [9.17, 15) is 18.3 Å². The van der Waals surface area contributed by atoms with Crippen LogP contribution in [0.25, 0.3) is 11.1 Å². The Morgan fingerprint density at radius 3 is 2.40 bits per heavy atom. The second-order valence-electron chi connectivity index (χ2n) is 9.75. The Morgan fingerprint density at radius 2 is 1.75 bits per heavy atom. The number of aliphatic hydroxyl groups excluding tert-OH is 1. The number of aromatic nitrogens is 1. The van der Waals surface area contributed by atoms with Crippen LogP contribution >= 0.6 is 36.6 Å². The van der Waals surface area contributed by atoms with Crippen molar-refractivity contribution in [3.63, 3.8) is 0 Å². The molecule has 40 heavy (non-hydrogen) atoms. The maximum absolute atomic E-state index is 12.7. The minimum Gasteiger partial charge on any atom is -0.387 e. The van der Waals surface area contributed by atoms with Crippen molar-refractivity contribution >= 4 is 52.5 Å². The molecule has 1 atom stereocenters. The molecule has 0 radical (unpaired) electrons. The molecule has 1 amide bonds. The Hall–Kier alpha value is -2.14. The molecule has 1 saturated carbocycles. The standard InChI is InChI=1S/C29H35N3O4S2.2ClH/c1-38(35,36)32-29(34)26-14-13-23(18-28(26)37-25-7-3-2-4-8-25)22-11-9-21(10-12-22)15-17-31-20-27(33)24-6-5-16-30-19-24;;/h5-6,9-14,16,18-19,25,27,31,33H,2-4,7-8,15,17,20H2,1H3,(H,32,34);2*1H/t27-;;/m0../s1. The zero-order chi connectivity index (χ0) is 27.0. The summed E-state index contributed by atoms with van der Waals surface area (Å²) in [5.74, 6) is -0.589. The summed E-state index contributed by atoms with van der Waals surface area (Å²) >= 11 is 1.68. The highest BCUT2D eigenvalue weighted by Crippen LogP contribution is 2.37. The number of pyridine rings is 1. The molecule has 218 valence electrons. The predicted octanol–water partition coefficient (Wildman–Crippen LogP) is 5.57. The van der Waals surface area contributed by atoms with E-state index in [1.54, 1.807) is 30.2 Å². The number of aliphatic hydroxyl groups is 1. The lowest BCUT2D eigenvalue weighted by Crippen LogP contribution is -2.29. The van der Waals surface area contributed by atoms with Gasteiger partial charge in [-0.2, -0.15) is 0 Å². The zero-order valence-electron chi connectivity index (χ0n) is 22.4. The summed E-state index contributed by atoms with van der Waals surface area (Å²) in [6.45, 7) is 1.20. The molecule has 11 heteroatoms. The van der Waals surface area contributed by atoms with Crippen LogP contribution in [0.15, 0.2) is 71.9 Å². The third-order valence-corrected chi connectivity index (χ3v) is 8.59. The van der Waals surface area contributed by atoms with Crippen LogP contribution in [-0.4, -0.2) is 49.0 Å². The summed E-state index contributed by atoms with van der Waals surface area (Å²) in [5.41, 5.74) is 4.40. The largest absolute Gasteiger partial charge is 0.387 e. The molecular formula is C29H37Cl2N3O4S2. The smallest absolute Gasteiger partial charge is 0.265 e. The Kier molecular flexibility index (Phi) is 13.9. The molecule has 0 unspecified atom stereocenters. The average molecular weight is 627 g/mol. The van der Waals surface area contributed by atoms with Crippen molar-refractivity contribution in [3.05, 3.63) is 83.7 Å². The van der Waals surface area contributed by atoms with Crippen molar-refractivity contribution in [2.75, 3.05) is 19.3 Å². The Balaban J connectivity index is 0.00000280. The van der Waals surface area contributed by atoms with E-state index in [2.05, 4.69) is 39.3 Å². The number of thioether (sulfide) groups is 1. The highest BCUT2D eigenvalue weighted by Gasteiger charge is 2.21. The molecule has 2 aromatic carbocycles. The molecule has 0 spiro atoms. The summed E-state index contributed by atoms with van der Waals surface area (Å²) in [4.78, 5) is 17.6. The van der Waals surface area contributed by atoms with E-state index < -0.39 is 22.0 Å². The highest BCUT2D eigenvalue weighted by atomic mass is 35.5. The van der Waals surface area contributed by atoms with Crippen molar-refractivity contribution in [2.24, 2.45) is 0 Å². The van der Waals surface area contributed by atoms with Crippen LogP contribution in [0, 0.1) is 0 Å². The monoisotopic (exact) mass is 625 g/mol. The Bertz CT molecular complexity index is 1320. The maximum atomic E-state index is 12.7. The number of hydrogen-bond acceptors (Lipinski definition) is 7. The lowest BCUT2D eigenvalue weighted by atomic mass is 10.0. The molecule has 7 nitrogen and oxygen atoms in total. The molecule has 1 fully saturated rings. The first-order valence-corrected chi connectivity index (χ1v) is 15.8. The fourth-order valence-corrected chi connectivity index (χ4v) is 6.46. The first-order chi connectivity index (χ1) is 18.3. The summed E-state index contributed by atoms with van der Waals surface area (Å²) in [5, 5.41) is 14.0. The van der Waals surface area contributed by atoms with Gasteiger partial charge in [-0.1, -0.05) is 55.7 Å². The molecule has 1 aliphatic carbocycles. The van der Waals surface area contributed by atoms with Crippen molar-refractivity contribution in [1.29, 1.82) is 0 Å². The number of sulfonamides is 1. The van der Waals surface area contributed by atoms with E-state index in [0.29, 0.717) is 17.4 Å². The molecule has 3 N–H and O–H groups in total. The van der Waals surface area contributed by atoms with Crippen LogP contribution in [0.3, 0.4) is 0 Å². The van der Waals surface area contributed by atoms with Gasteiger partial charge in [0.25, 0.3) is 5.91 Å². The van der Waals surface area contributed by atoms with E-state index in [4.69, 9.17) is 0 Å². The van der Waals surface area contributed by atoms with E-state index >= 15 is 0 Å². The van der Waals surface area contributed by atoms with E-state index in [1.165, 1.54) is 24.8 Å². The number of hydrogen-bond donors (Lipinski definition) is 3. The normalized spacial score (nSPS) is 14.4. The Labute approximate surface area is 253 Å². The van der Waals surface area contributed by atoms with Gasteiger partial charge in [-0.3, -0.25) is 9.78 Å². The van der Waals surface area contributed by atoms with Gasteiger partial charge in [0.2, 0.25) is 10.0 Å². The highest BCUT2D eigenvalue weighted by molar-refractivity contribution is 8.00. The summed E-state index contributed by atoms with van der Waals surface area (Å²) in [7, 11) is -3.65. The molecule has 0 saturated heterocycles. The lowest BCUT2D eigenvalue weighted by Gasteiger charge is -2.22. The summed E-state index contributed by atoms with van der Waals surface area (Å²) in [6, 6.07) is 17.6. The number of carbonyl (C=O) groups is 1. The fraction of sp³-hybridized carbons (Fsp3) is 0.379. The van der Waals surface area contributed by atoms with Gasteiger partial charge in [0.15, 0.2) is 0 Å². The number of nitrogens with zero attached hydrogens (tertiary/aromatic N) is 1. The lowest BCUT2D eigenvalue weighted by molar-refractivity contribution is 0.0979. The summed E-state index contributed by atoms with van der Waals surface area (Å²) in [6.07, 6.45) is 10.4. The molecule has 1 aromatic heterocycles. The zero-order valence-corrected chi connectivity index (χ0v) is 25.7. The number of benzene rings is 2. The van der Waals surface area contributed by atoms with Crippen molar-refractivity contribution in [3.8, 4) is 11.1 Å². The number of carbonyl (C=O) groups excluding carboxylic acids is 1. The van der Waals surface area contributed by atoms with Crippen LogP contribution in [-0.2, 0) is 16.4 Å². The van der Waals surface area contributed by atoms with Crippen LogP contribution in [0.2, 0.25) is 0 Å². The van der Waals surface area contributed by atoms with Crippen LogP contribution < -0.4 is 10.0 Å². The SMILES string of the molecule is CS(=O)(=O)NC(=O)c1ccc(-c2ccc(CCNC[C@H](O)c3cccnc3)cc2)cc1SC1CCCCC1.Cl.Cl. The third kappa shape index (κ3) is 10.4. The molecule has 1 aliphatic rings. The molecule has 1 heterocycles. The van der Waals surface area contributed by atoms with E-state index in [-0.39, 0.29) is 24.8 Å². The van der Waals surface area contributed by atoms with Gasteiger partial charge in [0, 0.05) is 34.6 Å². The number of amides is 1. The van der Waals surface area contributed by atoms with Gasteiger partial charge in [-0.25, -0.2) is 13.1 Å². The van der Waals surface area contributed by atoms with Crippen molar-refractivity contribution in [1.82, 2.24) is 15.0 Å². The van der Waals surface area contributed by atoms with Gasteiger partial charge in [0.1, 0.15) is 0 Å². The minimum atomic E-state index is -3.65. The van der Waals surface area contributed by atoms with Crippen LogP contribution in [0.1, 0.15) is 59.7 Å². The minimum absolute atomic E-state index is 0. The average Bonchev–Trinajstić information content (AvgIpc) is 2.91. The van der Waals surface area contributed by atoms with Gasteiger partial charge < -0.3 is 10.4 Å². The topological polar surface area (TPSA) is 108 Å². The van der Waals surface area contributed by atoms with Gasteiger partial charge in [0.05, 0.1) is 17.9 Å². The van der Waals surface area contributed by atoms with Gasteiger partial charge in [-0.15, -0.1) is 36.6 Å². The number of rotatable bonds is 11. The van der Waals surface area contributed by atoms with Gasteiger partial charge >= 0.3 is 0 Å². The predicted molar refractivity (Wildman–Crippen MR) is 167 cm³/mol. The Morgan fingerprint density at radius 1 is 1.05 bits per heavy atom. The molecule has 0 aliphatic heterocycles. The first kappa shape index (κ1) is 34.1. The first-order valence-electron chi connectivity index (χ1n) is 13.0. The van der Waals surface area contributed by atoms with Crippen molar-refractivity contribution < 1.29 is 18.3 Å². The summed E-state index contributed by atoms with van der Waals surface area (Å²) < 4.78 is 25.5. The molecular weight excluding hydrogens is 589 g/mol. The van der Waals surface area contributed by atoms with Crippen LogP contribution in [0.5, 0.6) is 0 Å². The quantitative estimate of drug-likeness (QED) is 0.239. The van der Waals surface area contributed by atoms with Crippen LogP contribution in [0.4, 0.5) is 0 Å². The third-order valence-electron chi connectivity index (χ3n) is 6.63. The van der Waals surface area contributed by atoms with Crippen molar-refractivity contribution in [2.45, 2.75) is 54.8 Å². The molecule has 0 bridgehead atoms. The fourth-order valence-electron chi connectivity index (χ4n) is 4.60. The second kappa shape index (κ2) is 16.3. The van der Waals surface area contributed by atoms with Gasteiger partial charge in [-0.05, 0) is 60.7 Å². The number of nitrogens with one attached hydrogen (secondary N) is 2. The van der Waals surface area contributed by atoms with E-state index in [0.717, 1.165) is 53.6 Å². The molecule has 4 rings (SSSR count). The number of halogens is 2. The molecule has 3 aromatic rings. The maximum Gasteiger partial charge on any atom is 0.265 e. The van der Waals surface area contributed by atoms with E-state index in [1.807, 2.05) is 24.3 Å².